The molecule has 0 heterocycles. The molecule has 0 saturated carbocycles. The summed E-state index contributed by atoms with van der Waals surface area (Å²) < 4.78 is 5.56. The minimum atomic E-state index is -0.0470. The molecule has 2 nitrogen and oxygen atoms in total. The van der Waals surface area contributed by atoms with Crippen LogP contribution in [0.1, 0.15) is 24.3 Å². The number of benzene rings is 1. The van der Waals surface area contributed by atoms with Crippen molar-refractivity contribution in [1.82, 2.24) is 5.32 Å². The molecule has 0 aliphatic heterocycles. The van der Waals surface area contributed by atoms with Crippen LogP contribution in [-0.4, -0.2) is 13.7 Å². The summed E-state index contributed by atoms with van der Waals surface area (Å²) in [6.07, 6.45) is 1.80. The Labute approximate surface area is 85.6 Å². The van der Waals surface area contributed by atoms with Crippen LogP contribution in [0.3, 0.4) is 0 Å². The molecular formula is C12H17NO. The number of nitrogens with one attached hydrogen (secondary N) is 1. The van der Waals surface area contributed by atoms with Crippen LogP contribution in [-0.2, 0) is 4.74 Å². The average Bonchev–Trinajstić information content (AvgIpc) is 2.26. The van der Waals surface area contributed by atoms with E-state index in [1.54, 1.807) is 0 Å². The van der Waals surface area contributed by atoms with Crippen molar-refractivity contribution in [3.05, 3.63) is 42.0 Å². The number of ether oxygens (including phenoxy) is 1. The van der Waals surface area contributed by atoms with Crippen molar-refractivity contribution in [3.63, 3.8) is 0 Å². The van der Waals surface area contributed by atoms with Crippen molar-refractivity contribution in [3.8, 4) is 0 Å². The van der Waals surface area contributed by atoms with E-state index in [1.165, 1.54) is 0 Å². The van der Waals surface area contributed by atoms with E-state index in [0.717, 1.165) is 11.1 Å². The highest BCUT2D eigenvalue weighted by molar-refractivity contribution is 5.52. The first kappa shape index (κ1) is 11.0. The Kier molecular flexibility index (Phi) is 4.36. The van der Waals surface area contributed by atoms with Crippen LogP contribution in [0.25, 0.3) is 6.08 Å². The number of hydrogen-bond donors (Lipinski definition) is 1. The molecule has 0 aliphatic rings. The van der Waals surface area contributed by atoms with Gasteiger partial charge >= 0.3 is 0 Å². The largest absolute Gasteiger partial charge is 0.359 e. The van der Waals surface area contributed by atoms with E-state index in [2.05, 4.69) is 11.9 Å². The van der Waals surface area contributed by atoms with Gasteiger partial charge in [-0.1, -0.05) is 36.9 Å². The first-order valence-electron chi connectivity index (χ1n) is 4.83. The zero-order valence-electron chi connectivity index (χ0n) is 8.79. The molecule has 1 unspecified atom stereocenters. The predicted octanol–water partition coefficient (Wildman–Crippen LogP) is 2.58. The van der Waals surface area contributed by atoms with E-state index in [4.69, 9.17) is 4.74 Å². The molecule has 1 atom stereocenters. The summed E-state index contributed by atoms with van der Waals surface area (Å²) in [7, 11) is 1.89. The van der Waals surface area contributed by atoms with Crippen molar-refractivity contribution in [2.75, 3.05) is 13.7 Å². The minimum absolute atomic E-state index is 0.0470. The lowest BCUT2D eigenvalue weighted by Crippen LogP contribution is -2.20. The van der Waals surface area contributed by atoms with Gasteiger partial charge in [-0.05, 0) is 19.5 Å². The van der Waals surface area contributed by atoms with Crippen LogP contribution in [0.4, 0.5) is 0 Å². The van der Waals surface area contributed by atoms with E-state index in [9.17, 15) is 0 Å². The van der Waals surface area contributed by atoms with Crippen LogP contribution >= 0.6 is 0 Å². The highest BCUT2D eigenvalue weighted by Gasteiger charge is 2.10. The van der Waals surface area contributed by atoms with Crippen molar-refractivity contribution in [2.45, 2.75) is 13.2 Å². The van der Waals surface area contributed by atoms with Gasteiger partial charge in [0.2, 0.25) is 0 Å². The molecule has 14 heavy (non-hydrogen) atoms. The van der Waals surface area contributed by atoms with E-state index in [1.807, 2.05) is 44.3 Å². The highest BCUT2D eigenvalue weighted by atomic mass is 16.5. The van der Waals surface area contributed by atoms with E-state index in [-0.39, 0.29) is 6.23 Å². The van der Waals surface area contributed by atoms with Gasteiger partial charge in [-0.3, -0.25) is 5.32 Å². The van der Waals surface area contributed by atoms with Gasteiger partial charge in [-0.15, -0.1) is 0 Å². The molecule has 0 fully saturated rings. The van der Waals surface area contributed by atoms with Crippen LogP contribution in [0.15, 0.2) is 30.8 Å². The summed E-state index contributed by atoms with van der Waals surface area (Å²) >= 11 is 0. The lowest BCUT2D eigenvalue weighted by atomic mass is 10.1. The smallest absolute Gasteiger partial charge is 0.134 e. The molecule has 0 amide bonds. The van der Waals surface area contributed by atoms with E-state index in [0.29, 0.717) is 6.61 Å². The molecule has 1 aromatic rings. The summed E-state index contributed by atoms with van der Waals surface area (Å²) in [6, 6.07) is 8.09. The molecule has 2 heteroatoms. The molecule has 0 saturated heterocycles. The fourth-order valence-corrected chi connectivity index (χ4v) is 1.43. The fourth-order valence-electron chi connectivity index (χ4n) is 1.43. The van der Waals surface area contributed by atoms with Gasteiger partial charge < -0.3 is 4.74 Å². The monoisotopic (exact) mass is 191 g/mol. The number of rotatable bonds is 5. The Hall–Kier alpha value is -1.12. The van der Waals surface area contributed by atoms with Crippen LogP contribution < -0.4 is 5.32 Å². The molecule has 1 rings (SSSR count). The van der Waals surface area contributed by atoms with E-state index >= 15 is 0 Å². The topological polar surface area (TPSA) is 21.3 Å². The molecule has 0 bridgehead atoms. The number of hydrogen-bond acceptors (Lipinski definition) is 2. The van der Waals surface area contributed by atoms with Gasteiger partial charge in [0.1, 0.15) is 6.23 Å². The molecular weight excluding hydrogens is 174 g/mol. The maximum absolute atomic E-state index is 5.56. The van der Waals surface area contributed by atoms with Gasteiger partial charge in [0.05, 0.1) is 0 Å². The van der Waals surface area contributed by atoms with Crippen molar-refractivity contribution >= 4 is 6.08 Å². The first-order valence-corrected chi connectivity index (χ1v) is 4.83. The lowest BCUT2D eigenvalue weighted by molar-refractivity contribution is 0.0429. The Morgan fingerprint density at radius 3 is 2.79 bits per heavy atom. The third-order valence-electron chi connectivity index (χ3n) is 2.09. The van der Waals surface area contributed by atoms with Gasteiger partial charge in [0.25, 0.3) is 0 Å². The normalized spacial score (nSPS) is 12.4. The molecule has 76 valence electrons. The molecule has 1 N–H and O–H groups in total. The molecule has 0 spiro atoms. The van der Waals surface area contributed by atoms with Gasteiger partial charge in [0, 0.05) is 12.2 Å². The average molecular weight is 191 g/mol. The second kappa shape index (κ2) is 5.58. The Balaban J connectivity index is 2.95. The lowest BCUT2D eigenvalue weighted by Gasteiger charge is -2.18. The van der Waals surface area contributed by atoms with Crippen LogP contribution in [0.5, 0.6) is 0 Å². The Morgan fingerprint density at radius 1 is 1.50 bits per heavy atom. The zero-order chi connectivity index (χ0) is 10.4. The van der Waals surface area contributed by atoms with Crippen molar-refractivity contribution in [2.24, 2.45) is 0 Å². The zero-order valence-corrected chi connectivity index (χ0v) is 8.79. The molecule has 0 aliphatic carbocycles. The summed E-state index contributed by atoms with van der Waals surface area (Å²) in [5.41, 5.74) is 2.24. The summed E-state index contributed by atoms with van der Waals surface area (Å²) in [6.45, 7) is 6.46. The fraction of sp³-hybridized carbons (Fsp3) is 0.333. The minimum Gasteiger partial charge on any atom is -0.359 e. The highest BCUT2D eigenvalue weighted by Crippen LogP contribution is 2.19. The van der Waals surface area contributed by atoms with Gasteiger partial charge in [-0.2, -0.15) is 0 Å². The Bertz CT molecular complexity index is 296. The van der Waals surface area contributed by atoms with Crippen LogP contribution in [0.2, 0.25) is 0 Å². The summed E-state index contributed by atoms with van der Waals surface area (Å²) in [5.74, 6) is 0. The first-order chi connectivity index (χ1) is 6.83. The SMILES string of the molecule is C=Cc1ccccc1C(NC)OCC. The molecule has 0 radical (unpaired) electrons. The third kappa shape index (κ3) is 2.44. The second-order valence-electron chi connectivity index (χ2n) is 2.96. The maximum Gasteiger partial charge on any atom is 0.134 e. The standard InChI is InChI=1S/C12H17NO/c1-4-10-8-6-7-9-11(10)12(13-3)14-5-2/h4,6-9,12-13H,1,5H2,2-3H3. The summed E-state index contributed by atoms with van der Waals surface area (Å²) in [5, 5.41) is 3.12. The predicted molar refractivity (Wildman–Crippen MR) is 60.0 cm³/mol. The van der Waals surface area contributed by atoms with Crippen molar-refractivity contribution < 1.29 is 4.74 Å². The molecule has 0 aromatic heterocycles. The molecule has 1 aromatic carbocycles. The quantitative estimate of drug-likeness (QED) is 0.722. The maximum atomic E-state index is 5.56. The van der Waals surface area contributed by atoms with Gasteiger partial charge in [-0.25, -0.2) is 0 Å². The van der Waals surface area contributed by atoms with Crippen LogP contribution in [0, 0.1) is 0 Å². The summed E-state index contributed by atoms with van der Waals surface area (Å²) in [4.78, 5) is 0. The van der Waals surface area contributed by atoms with Gasteiger partial charge in [0.15, 0.2) is 0 Å². The van der Waals surface area contributed by atoms with E-state index < -0.39 is 0 Å². The third-order valence-corrected chi connectivity index (χ3v) is 2.09. The Morgan fingerprint density at radius 2 is 2.21 bits per heavy atom. The second-order valence-corrected chi connectivity index (χ2v) is 2.96. The van der Waals surface area contributed by atoms with Crippen molar-refractivity contribution in [1.29, 1.82) is 0 Å².